The number of carbonyl (C=O) groups excluding carboxylic acids is 1. The van der Waals surface area contributed by atoms with E-state index in [0.717, 1.165) is 24.9 Å². The number of carbonyl (C=O) groups is 1. The van der Waals surface area contributed by atoms with Gasteiger partial charge in [-0.15, -0.1) is 0 Å². The van der Waals surface area contributed by atoms with Crippen LogP contribution in [-0.4, -0.2) is 37.5 Å². The van der Waals surface area contributed by atoms with E-state index < -0.39 is 0 Å². The molecular weight excluding hydrogens is 209 g/mol. The minimum atomic E-state index is -0.297. The average molecular weight is 223 g/mol. The summed E-state index contributed by atoms with van der Waals surface area (Å²) in [5, 5.41) is 0. The molecule has 1 saturated heterocycles. The van der Waals surface area contributed by atoms with Crippen molar-refractivity contribution in [2.75, 3.05) is 26.3 Å². The van der Waals surface area contributed by atoms with Crippen LogP contribution in [0.15, 0.2) is 18.2 Å². The molecule has 0 aliphatic carbocycles. The number of nitrogens with zero attached hydrogens (tertiary/aromatic N) is 1. The lowest BCUT2D eigenvalue weighted by Gasteiger charge is -2.26. The molecule has 0 saturated carbocycles. The standard InChI is InChI=1S/C12H14FNO2/c13-12-2-1-10(9-15)11(7-12)8-14-3-5-16-6-4-14/h1-2,7,9H,3-6,8H2. The molecule has 0 aromatic heterocycles. The van der Waals surface area contributed by atoms with Gasteiger partial charge in [-0.25, -0.2) is 4.39 Å². The van der Waals surface area contributed by atoms with Crippen LogP contribution in [0.2, 0.25) is 0 Å². The lowest BCUT2D eigenvalue weighted by molar-refractivity contribution is 0.0341. The van der Waals surface area contributed by atoms with Gasteiger partial charge in [-0.05, 0) is 23.8 Å². The minimum absolute atomic E-state index is 0.297. The van der Waals surface area contributed by atoms with Gasteiger partial charge in [-0.1, -0.05) is 0 Å². The van der Waals surface area contributed by atoms with Crippen LogP contribution in [0, 0.1) is 5.82 Å². The molecule has 0 unspecified atom stereocenters. The zero-order valence-electron chi connectivity index (χ0n) is 8.99. The van der Waals surface area contributed by atoms with Gasteiger partial charge in [0.2, 0.25) is 0 Å². The summed E-state index contributed by atoms with van der Waals surface area (Å²) in [6.45, 7) is 3.66. The summed E-state index contributed by atoms with van der Waals surface area (Å²) in [4.78, 5) is 13.0. The summed E-state index contributed by atoms with van der Waals surface area (Å²) in [7, 11) is 0. The van der Waals surface area contributed by atoms with E-state index in [4.69, 9.17) is 4.74 Å². The third-order valence-electron chi connectivity index (χ3n) is 2.73. The number of morpholine rings is 1. The summed E-state index contributed by atoms with van der Waals surface area (Å²) in [6.07, 6.45) is 0.773. The number of hydrogen-bond acceptors (Lipinski definition) is 3. The fourth-order valence-electron chi connectivity index (χ4n) is 1.83. The molecule has 1 fully saturated rings. The SMILES string of the molecule is O=Cc1ccc(F)cc1CN1CCOCC1. The number of rotatable bonds is 3. The predicted molar refractivity (Wildman–Crippen MR) is 57.9 cm³/mol. The molecule has 1 aliphatic rings. The quantitative estimate of drug-likeness (QED) is 0.727. The van der Waals surface area contributed by atoms with Crippen molar-refractivity contribution in [1.29, 1.82) is 0 Å². The number of aldehydes is 1. The molecule has 0 bridgehead atoms. The van der Waals surface area contributed by atoms with E-state index in [2.05, 4.69) is 4.90 Å². The van der Waals surface area contributed by atoms with Crippen molar-refractivity contribution in [2.45, 2.75) is 6.54 Å². The molecule has 0 atom stereocenters. The third kappa shape index (κ3) is 2.65. The maximum Gasteiger partial charge on any atom is 0.150 e. The van der Waals surface area contributed by atoms with E-state index in [1.54, 1.807) is 0 Å². The number of benzene rings is 1. The first-order valence-electron chi connectivity index (χ1n) is 5.33. The Hall–Kier alpha value is -1.26. The van der Waals surface area contributed by atoms with Crippen LogP contribution in [-0.2, 0) is 11.3 Å². The molecule has 1 aromatic rings. The largest absolute Gasteiger partial charge is 0.379 e. The molecule has 1 aromatic carbocycles. The zero-order valence-corrected chi connectivity index (χ0v) is 8.99. The van der Waals surface area contributed by atoms with Crippen LogP contribution in [0.25, 0.3) is 0 Å². The lowest BCUT2D eigenvalue weighted by atomic mass is 10.1. The molecular formula is C12H14FNO2. The second-order valence-corrected chi connectivity index (χ2v) is 3.85. The summed E-state index contributed by atoms with van der Waals surface area (Å²) in [5.41, 5.74) is 1.31. The lowest BCUT2D eigenvalue weighted by Crippen LogP contribution is -2.35. The van der Waals surface area contributed by atoms with Crippen molar-refractivity contribution < 1.29 is 13.9 Å². The van der Waals surface area contributed by atoms with E-state index in [1.165, 1.54) is 18.2 Å². The Labute approximate surface area is 93.8 Å². The highest BCUT2D eigenvalue weighted by Crippen LogP contribution is 2.13. The topological polar surface area (TPSA) is 29.5 Å². The monoisotopic (exact) mass is 223 g/mol. The second-order valence-electron chi connectivity index (χ2n) is 3.85. The van der Waals surface area contributed by atoms with Gasteiger partial charge in [0.05, 0.1) is 13.2 Å². The van der Waals surface area contributed by atoms with Gasteiger partial charge in [-0.3, -0.25) is 9.69 Å². The fraction of sp³-hybridized carbons (Fsp3) is 0.417. The average Bonchev–Trinajstić information content (AvgIpc) is 2.31. The molecule has 2 rings (SSSR count). The normalized spacial score (nSPS) is 17.3. The summed E-state index contributed by atoms with van der Waals surface area (Å²) < 4.78 is 18.3. The van der Waals surface area contributed by atoms with Crippen LogP contribution in [0.3, 0.4) is 0 Å². The minimum Gasteiger partial charge on any atom is -0.379 e. The number of halogens is 1. The van der Waals surface area contributed by atoms with Crippen molar-refractivity contribution in [3.8, 4) is 0 Å². The van der Waals surface area contributed by atoms with Crippen molar-refractivity contribution in [1.82, 2.24) is 4.90 Å². The molecule has 86 valence electrons. The highest BCUT2D eigenvalue weighted by Gasteiger charge is 2.13. The molecule has 0 radical (unpaired) electrons. The van der Waals surface area contributed by atoms with Crippen molar-refractivity contribution in [3.63, 3.8) is 0 Å². The van der Waals surface area contributed by atoms with Gasteiger partial charge >= 0.3 is 0 Å². The zero-order chi connectivity index (χ0) is 11.4. The molecule has 3 nitrogen and oxygen atoms in total. The highest BCUT2D eigenvalue weighted by atomic mass is 19.1. The Morgan fingerprint density at radius 2 is 2.12 bits per heavy atom. The molecule has 1 heterocycles. The Morgan fingerprint density at radius 3 is 2.81 bits per heavy atom. The van der Waals surface area contributed by atoms with Crippen molar-refractivity contribution in [2.24, 2.45) is 0 Å². The summed E-state index contributed by atoms with van der Waals surface area (Å²) in [5.74, 6) is -0.297. The molecule has 16 heavy (non-hydrogen) atoms. The predicted octanol–water partition coefficient (Wildman–Crippen LogP) is 1.47. The van der Waals surface area contributed by atoms with Crippen LogP contribution in [0.4, 0.5) is 4.39 Å². The van der Waals surface area contributed by atoms with Crippen LogP contribution in [0.5, 0.6) is 0 Å². The first-order valence-corrected chi connectivity index (χ1v) is 5.33. The first kappa shape index (κ1) is 11.2. The van der Waals surface area contributed by atoms with Gasteiger partial charge in [-0.2, -0.15) is 0 Å². The third-order valence-corrected chi connectivity index (χ3v) is 2.73. The second kappa shape index (κ2) is 5.18. The van der Waals surface area contributed by atoms with Crippen LogP contribution < -0.4 is 0 Å². The molecule has 0 N–H and O–H groups in total. The molecule has 0 amide bonds. The van der Waals surface area contributed by atoms with E-state index in [9.17, 15) is 9.18 Å². The Morgan fingerprint density at radius 1 is 1.38 bits per heavy atom. The van der Waals surface area contributed by atoms with Crippen LogP contribution >= 0.6 is 0 Å². The first-order chi connectivity index (χ1) is 7.79. The van der Waals surface area contributed by atoms with Crippen molar-refractivity contribution >= 4 is 6.29 Å². The van der Waals surface area contributed by atoms with Crippen LogP contribution in [0.1, 0.15) is 15.9 Å². The maximum absolute atomic E-state index is 13.1. The van der Waals surface area contributed by atoms with Crippen molar-refractivity contribution in [3.05, 3.63) is 35.1 Å². The van der Waals surface area contributed by atoms with E-state index >= 15 is 0 Å². The smallest absolute Gasteiger partial charge is 0.150 e. The molecule has 4 heteroatoms. The van der Waals surface area contributed by atoms with Gasteiger partial charge in [0.25, 0.3) is 0 Å². The van der Waals surface area contributed by atoms with E-state index in [0.29, 0.717) is 25.3 Å². The Kier molecular flexibility index (Phi) is 3.64. The van der Waals surface area contributed by atoms with Gasteiger partial charge < -0.3 is 4.74 Å². The van der Waals surface area contributed by atoms with Gasteiger partial charge in [0, 0.05) is 25.2 Å². The van der Waals surface area contributed by atoms with Gasteiger partial charge in [0.1, 0.15) is 12.1 Å². The Bertz CT molecular complexity index is 375. The highest BCUT2D eigenvalue weighted by molar-refractivity contribution is 5.77. The molecule has 0 spiro atoms. The number of hydrogen-bond donors (Lipinski definition) is 0. The number of ether oxygens (including phenoxy) is 1. The fourth-order valence-corrected chi connectivity index (χ4v) is 1.83. The summed E-state index contributed by atoms with van der Waals surface area (Å²) in [6, 6.07) is 4.27. The summed E-state index contributed by atoms with van der Waals surface area (Å²) >= 11 is 0. The molecule has 1 aliphatic heterocycles. The van der Waals surface area contributed by atoms with E-state index in [-0.39, 0.29) is 5.82 Å². The van der Waals surface area contributed by atoms with E-state index in [1.807, 2.05) is 0 Å². The van der Waals surface area contributed by atoms with Gasteiger partial charge in [0.15, 0.2) is 0 Å². The Balaban J connectivity index is 2.12. The maximum atomic E-state index is 13.1.